The summed E-state index contributed by atoms with van der Waals surface area (Å²) in [7, 11) is 0. The predicted octanol–water partition coefficient (Wildman–Crippen LogP) is 5.60. The Labute approximate surface area is 165 Å². The second-order valence-electron chi connectivity index (χ2n) is 9.19. The highest BCUT2D eigenvalue weighted by atomic mass is 127. The SMILES string of the molecule is CC1(OCCI)CCC2C3CCC4=C/C(=N/O)CCC4C3CCC21C. The lowest BCUT2D eigenvalue weighted by Crippen LogP contribution is -2.52. The Morgan fingerprint density at radius 3 is 2.76 bits per heavy atom. The molecule has 0 spiro atoms. The number of hydrogen-bond acceptors (Lipinski definition) is 3. The molecule has 6 unspecified atom stereocenters. The Bertz CT molecular complexity index is 588. The van der Waals surface area contributed by atoms with E-state index >= 15 is 0 Å². The smallest absolute Gasteiger partial charge is 0.0795 e. The van der Waals surface area contributed by atoms with Crippen LogP contribution >= 0.6 is 22.6 Å². The summed E-state index contributed by atoms with van der Waals surface area (Å²) in [6.45, 7) is 5.83. The molecule has 0 saturated heterocycles. The van der Waals surface area contributed by atoms with E-state index in [2.05, 4.69) is 47.7 Å². The third-order valence-corrected chi connectivity index (χ3v) is 8.91. The van der Waals surface area contributed by atoms with Crippen molar-refractivity contribution in [2.45, 2.75) is 70.8 Å². The van der Waals surface area contributed by atoms with Crippen molar-refractivity contribution in [2.24, 2.45) is 34.2 Å². The van der Waals surface area contributed by atoms with Gasteiger partial charge in [0.05, 0.1) is 17.9 Å². The fourth-order valence-electron chi connectivity index (χ4n) is 7.00. The monoisotopic (exact) mass is 457 g/mol. The van der Waals surface area contributed by atoms with Crippen LogP contribution in [0.3, 0.4) is 0 Å². The lowest BCUT2D eigenvalue weighted by atomic mass is 9.50. The van der Waals surface area contributed by atoms with Crippen LogP contribution in [0.2, 0.25) is 0 Å². The summed E-state index contributed by atoms with van der Waals surface area (Å²) >= 11 is 2.43. The lowest BCUT2D eigenvalue weighted by molar-refractivity contribution is -0.139. The van der Waals surface area contributed by atoms with E-state index < -0.39 is 0 Å². The van der Waals surface area contributed by atoms with E-state index in [0.29, 0.717) is 5.41 Å². The van der Waals surface area contributed by atoms with Gasteiger partial charge in [0.2, 0.25) is 0 Å². The molecule has 0 aromatic rings. The fraction of sp³-hybridized carbons (Fsp3) is 0.857. The minimum atomic E-state index is 0.0766. The topological polar surface area (TPSA) is 41.8 Å². The number of fused-ring (bicyclic) bond motifs is 5. The fourth-order valence-corrected chi connectivity index (χ4v) is 7.22. The number of allylic oxidation sites excluding steroid dienone is 2. The van der Waals surface area contributed by atoms with Crippen molar-refractivity contribution in [1.29, 1.82) is 0 Å². The molecule has 3 nitrogen and oxygen atoms in total. The Morgan fingerprint density at radius 2 is 2.00 bits per heavy atom. The van der Waals surface area contributed by atoms with E-state index in [1.54, 1.807) is 5.57 Å². The van der Waals surface area contributed by atoms with Gasteiger partial charge in [0.1, 0.15) is 0 Å². The van der Waals surface area contributed by atoms with Crippen molar-refractivity contribution in [3.8, 4) is 0 Å². The Morgan fingerprint density at radius 1 is 1.16 bits per heavy atom. The lowest BCUT2D eigenvalue weighted by Gasteiger charge is -2.56. The zero-order chi connectivity index (χ0) is 17.7. The highest BCUT2D eigenvalue weighted by Crippen LogP contribution is 2.65. The Balaban J connectivity index is 1.57. The minimum Gasteiger partial charge on any atom is -0.411 e. The molecule has 0 heterocycles. The van der Waals surface area contributed by atoms with Crippen molar-refractivity contribution in [2.75, 3.05) is 11.0 Å². The van der Waals surface area contributed by atoms with Gasteiger partial charge in [-0.2, -0.15) is 0 Å². The van der Waals surface area contributed by atoms with Crippen molar-refractivity contribution < 1.29 is 9.94 Å². The van der Waals surface area contributed by atoms with Crippen molar-refractivity contribution in [1.82, 2.24) is 0 Å². The van der Waals surface area contributed by atoms with Gasteiger partial charge >= 0.3 is 0 Å². The summed E-state index contributed by atoms with van der Waals surface area (Å²) in [6, 6.07) is 0. The number of nitrogens with zero attached hydrogens (tertiary/aromatic N) is 1. The Kier molecular flexibility index (Phi) is 4.98. The number of alkyl halides is 1. The van der Waals surface area contributed by atoms with Gasteiger partial charge in [0.15, 0.2) is 0 Å². The molecule has 1 N–H and O–H groups in total. The first kappa shape index (κ1) is 18.3. The maximum Gasteiger partial charge on any atom is 0.0795 e. The summed E-state index contributed by atoms with van der Waals surface area (Å²) in [5, 5.41) is 12.6. The maximum absolute atomic E-state index is 9.13. The summed E-state index contributed by atoms with van der Waals surface area (Å²) in [4.78, 5) is 0. The molecule has 3 saturated carbocycles. The highest BCUT2D eigenvalue weighted by Gasteiger charge is 2.61. The number of halogens is 1. The van der Waals surface area contributed by atoms with E-state index in [1.165, 1.54) is 44.9 Å². The van der Waals surface area contributed by atoms with Crippen LogP contribution in [-0.4, -0.2) is 27.6 Å². The van der Waals surface area contributed by atoms with Crippen LogP contribution in [-0.2, 0) is 4.74 Å². The van der Waals surface area contributed by atoms with Gasteiger partial charge in [-0.1, -0.05) is 40.2 Å². The summed E-state index contributed by atoms with van der Waals surface area (Å²) in [6.07, 6.45) is 12.2. The first-order valence-electron chi connectivity index (χ1n) is 10.1. The average molecular weight is 457 g/mol. The van der Waals surface area contributed by atoms with Gasteiger partial charge in [-0.05, 0) is 93.5 Å². The summed E-state index contributed by atoms with van der Waals surface area (Å²) in [5.41, 5.74) is 2.90. The van der Waals surface area contributed by atoms with E-state index in [-0.39, 0.29) is 5.60 Å². The van der Waals surface area contributed by atoms with Crippen molar-refractivity contribution in [3.63, 3.8) is 0 Å². The predicted molar refractivity (Wildman–Crippen MR) is 110 cm³/mol. The number of rotatable bonds is 3. The molecular weight excluding hydrogens is 425 g/mol. The van der Waals surface area contributed by atoms with Crippen LogP contribution in [0.25, 0.3) is 0 Å². The molecule has 25 heavy (non-hydrogen) atoms. The van der Waals surface area contributed by atoms with Gasteiger partial charge in [-0.25, -0.2) is 0 Å². The normalized spacial score (nSPS) is 47.8. The molecule has 0 bridgehead atoms. The van der Waals surface area contributed by atoms with Gasteiger partial charge in [0, 0.05) is 4.43 Å². The van der Waals surface area contributed by atoms with E-state index in [1.807, 2.05) is 0 Å². The first-order valence-corrected chi connectivity index (χ1v) is 11.7. The minimum absolute atomic E-state index is 0.0766. The molecular formula is C21H32INO2. The van der Waals surface area contributed by atoms with Gasteiger partial charge in [-0.15, -0.1) is 0 Å². The standard InChI is InChI=1S/C21H32INO2/c1-20-9-7-17-16-6-4-15(23-24)13-14(16)3-5-18(17)19(20)8-10-21(20,2)25-12-11-22/h13,16-19,24H,3-12H2,1-2H3/b23-15+. The highest BCUT2D eigenvalue weighted by molar-refractivity contribution is 14.1. The zero-order valence-electron chi connectivity index (χ0n) is 15.6. The first-order chi connectivity index (χ1) is 12.0. The molecule has 4 rings (SSSR count). The molecule has 0 amide bonds. The zero-order valence-corrected chi connectivity index (χ0v) is 17.8. The molecule has 0 aliphatic heterocycles. The number of oxime groups is 1. The molecule has 3 fully saturated rings. The van der Waals surface area contributed by atoms with E-state index in [4.69, 9.17) is 9.94 Å². The second-order valence-corrected chi connectivity index (χ2v) is 10.3. The average Bonchev–Trinajstić information content (AvgIpc) is 2.91. The molecule has 0 aromatic carbocycles. The van der Waals surface area contributed by atoms with Crippen LogP contribution in [0.15, 0.2) is 16.8 Å². The van der Waals surface area contributed by atoms with Crippen LogP contribution in [0.4, 0.5) is 0 Å². The Hall–Kier alpha value is -0.100. The third-order valence-electron chi connectivity index (χ3n) is 8.47. The molecule has 140 valence electrons. The molecule has 6 atom stereocenters. The van der Waals surface area contributed by atoms with Crippen molar-refractivity contribution >= 4 is 28.3 Å². The summed E-state index contributed by atoms with van der Waals surface area (Å²) in [5.74, 6) is 3.31. The maximum atomic E-state index is 9.13. The quantitative estimate of drug-likeness (QED) is 0.260. The molecule has 4 aliphatic carbocycles. The van der Waals surface area contributed by atoms with Gasteiger partial charge in [0.25, 0.3) is 0 Å². The van der Waals surface area contributed by atoms with Crippen LogP contribution in [0.1, 0.15) is 65.2 Å². The van der Waals surface area contributed by atoms with Crippen molar-refractivity contribution in [3.05, 3.63) is 11.6 Å². The van der Waals surface area contributed by atoms with Gasteiger partial charge < -0.3 is 9.94 Å². The number of hydrogen-bond donors (Lipinski definition) is 1. The second kappa shape index (κ2) is 6.81. The van der Waals surface area contributed by atoms with Gasteiger partial charge in [-0.3, -0.25) is 0 Å². The van der Waals surface area contributed by atoms with E-state index in [9.17, 15) is 0 Å². The molecule has 0 aromatic heterocycles. The largest absolute Gasteiger partial charge is 0.411 e. The third kappa shape index (κ3) is 2.81. The van der Waals surface area contributed by atoms with Crippen LogP contribution < -0.4 is 0 Å². The molecule has 0 radical (unpaired) electrons. The van der Waals surface area contributed by atoms with E-state index in [0.717, 1.165) is 46.8 Å². The molecule has 4 aliphatic rings. The number of ether oxygens (including phenoxy) is 1. The van der Waals surface area contributed by atoms with Crippen LogP contribution in [0.5, 0.6) is 0 Å². The van der Waals surface area contributed by atoms with Crippen LogP contribution in [0, 0.1) is 29.1 Å². The summed E-state index contributed by atoms with van der Waals surface area (Å²) < 4.78 is 7.55. The molecule has 4 heteroatoms.